The maximum absolute atomic E-state index is 12.1. The average Bonchev–Trinajstić information content (AvgIpc) is 3.34. The van der Waals surface area contributed by atoms with Gasteiger partial charge in [-0.1, -0.05) is 36.8 Å². The van der Waals surface area contributed by atoms with Gasteiger partial charge < -0.3 is 4.98 Å². The van der Waals surface area contributed by atoms with Crippen LogP contribution in [0.25, 0.3) is 0 Å². The molecule has 2 aromatic heterocycles. The van der Waals surface area contributed by atoms with Gasteiger partial charge >= 0.3 is 0 Å². The van der Waals surface area contributed by atoms with Crippen LogP contribution in [-0.4, -0.2) is 31.7 Å². The van der Waals surface area contributed by atoms with Gasteiger partial charge in [0.2, 0.25) is 5.78 Å². The van der Waals surface area contributed by atoms with Crippen LogP contribution in [0.4, 0.5) is 0 Å². The fourth-order valence-corrected chi connectivity index (χ4v) is 2.99. The summed E-state index contributed by atoms with van der Waals surface area (Å²) in [4.78, 5) is 30.9. The highest BCUT2D eigenvalue weighted by Gasteiger charge is 2.20. The highest BCUT2D eigenvalue weighted by atomic mass is 16.2. The minimum Gasteiger partial charge on any atom is -0.364 e. The summed E-state index contributed by atoms with van der Waals surface area (Å²) in [6.07, 6.45) is 8.42. The fourth-order valence-electron chi connectivity index (χ4n) is 2.99. The van der Waals surface area contributed by atoms with E-state index in [0.29, 0.717) is 0 Å². The van der Waals surface area contributed by atoms with Crippen molar-refractivity contribution < 1.29 is 9.59 Å². The quantitative estimate of drug-likeness (QED) is 0.334. The molecule has 0 radical (unpaired) electrons. The van der Waals surface area contributed by atoms with E-state index in [4.69, 9.17) is 0 Å². The number of nitrogens with one attached hydrogen (secondary N) is 2. The van der Waals surface area contributed by atoms with Crippen molar-refractivity contribution in [1.29, 1.82) is 0 Å². The first kappa shape index (κ1) is 17.8. The molecule has 2 N–H and O–H groups in total. The Labute approximate surface area is 152 Å². The average molecular weight is 350 g/mol. The van der Waals surface area contributed by atoms with E-state index in [9.17, 15) is 9.59 Å². The zero-order chi connectivity index (χ0) is 18.2. The molecule has 0 aliphatic heterocycles. The first-order valence-electron chi connectivity index (χ1n) is 8.86. The number of benzene rings is 1. The number of aryl methyl sites for hydroxylation is 2. The predicted octanol–water partition coefficient (Wildman–Crippen LogP) is 3.08. The number of H-pyrrole nitrogens is 2. The Balaban J connectivity index is 1.44. The standard InChI is InChI=1S/C20H22N4O2/c25-18(19(26)20-22-14-23-24-20)13-17-16(11-12-21-17)10-6-2-5-9-15-7-3-1-4-8-15/h1,3-4,7-8,11-12,14,21H,2,5-6,9-10,13H2,(H,22,23,24). The summed E-state index contributed by atoms with van der Waals surface area (Å²) in [5.41, 5.74) is 3.28. The lowest BCUT2D eigenvalue weighted by atomic mass is 10.0. The zero-order valence-electron chi connectivity index (χ0n) is 14.6. The zero-order valence-corrected chi connectivity index (χ0v) is 14.6. The van der Waals surface area contributed by atoms with Crippen molar-refractivity contribution in [2.45, 2.75) is 38.5 Å². The largest absolute Gasteiger partial charge is 0.364 e. The first-order chi connectivity index (χ1) is 12.7. The lowest BCUT2D eigenvalue weighted by Gasteiger charge is -2.04. The van der Waals surface area contributed by atoms with Gasteiger partial charge in [-0.05, 0) is 42.9 Å². The Kier molecular flexibility index (Phi) is 6.09. The summed E-state index contributed by atoms with van der Waals surface area (Å²) in [6.45, 7) is 0. The van der Waals surface area contributed by atoms with Gasteiger partial charge in [-0.2, -0.15) is 5.10 Å². The molecule has 134 valence electrons. The number of hydrogen-bond acceptors (Lipinski definition) is 4. The number of unbranched alkanes of at least 4 members (excludes halogenated alkanes) is 2. The van der Waals surface area contributed by atoms with Crippen molar-refractivity contribution in [3.05, 3.63) is 71.6 Å². The van der Waals surface area contributed by atoms with Crippen LogP contribution in [0.3, 0.4) is 0 Å². The molecule has 0 atom stereocenters. The van der Waals surface area contributed by atoms with Crippen LogP contribution in [0.1, 0.15) is 46.7 Å². The smallest absolute Gasteiger partial charge is 0.265 e. The highest BCUT2D eigenvalue weighted by Crippen LogP contribution is 2.14. The van der Waals surface area contributed by atoms with E-state index in [0.717, 1.165) is 43.4 Å². The first-order valence-corrected chi connectivity index (χ1v) is 8.86. The maximum Gasteiger partial charge on any atom is 0.265 e. The monoisotopic (exact) mass is 350 g/mol. The van der Waals surface area contributed by atoms with Crippen molar-refractivity contribution in [2.24, 2.45) is 0 Å². The van der Waals surface area contributed by atoms with E-state index in [-0.39, 0.29) is 12.2 Å². The molecule has 1 aromatic carbocycles. The molecule has 0 unspecified atom stereocenters. The minimum atomic E-state index is -0.633. The van der Waals surface area contributed by atoms with Gasteiger partial charge in [-0.3, -0.25) is 14.7 Å². The molecule has 0 amide bonds. The molecule has 2 heterocycles. The normalized spacial score (nSPS) is 10.8. The number of aromatic nitrogens is 4. The van der Waals surface area contributed by atoms with E-state index in [2.05, 4.69) is 44.4 Å². The second-order valence-electron chi connectivity index (χ2n) is 6.29. The molecule has 6 heteroatoms. The number of ketones is 2. The van der Waals surface area contributed by atoms with Crippen LogP contribution in [0, 0.1) is 0 Å². The number of aromatic amines is 2. The molecule has 6 nitrogen and oxygen atoms in total. The lowest BCUT2D eigenvalue weighted by molar-refractivity contribution is -0.114. The molecule has 26 heavy (non-hydrogen) atoms. The van der Waals surface area contributed by atoms with Crippen LogP contribution in [0.15, 0.2) is 48.9 Å². The Morgan fingerprint density at radius 2 is 1.77 bits per heavy atom. The Morgan fingerprint density at radius 1 is 0.962 bits per heavy atom. The van der Waals surface area contributed by atoms with Crippen LogP contribution < -0.4 is 0 Å². The van der Waals surface area contributed by atoms with Gasteiger partial charge in [0.15, 0.2) is 5.82 Å². The maximum atomic E-state index is 12.1. The van der Waals surface area contributed by atoms with E-state index in [1.54, 1.807) is 0 Å². The second-order valence-corrected chi connectivity index (χ2v) is 6.29. The van der Waals surface area contributed by atoms with Gasteiger partial charge in [0, 0.05) is 11.9 Å². The lowest BCUT2D eigenvalue weighted by Crippen LogP contribution is -2.19. The van der Waals surface area contributed by atoms with Crippen molar-refractivity contribution >= 4 is 11.6 Å². The predicted molar refractivity (Wildman–Crippen MR) is 97.9 cm³/mol. The number of carbonyl (C=O) groups is 2. The van der Waals surface area contributed by atoms with E-state index >= 15 is 0 Å². The van der Waals surface area contributed by atoms with Gasteiger partial charge in [0.1, 0.15) is 6.33 Å². The van der Waals surface area contributed by atoms with Crippen LogP contribution in [0.5, 0.6) is 0 Å². The van der Waals surface area contributed by atoms with Crippen LogP contribution in [0.2, 0.25) is 0 Å². The number of Topliss-reactive ketones (excluding diaryl/α,β-unsaturated/α-hetero) is 2. The Morgan fingerprint density at radius 3 is 2.54 bits per heavy atom. The van der Waals surface area contributed by atoms with Crippen molar-refractivity contribution in [3.8, 4) is 0 Å². The van der Waals surface area contributed by atoms with Crippen molar-refractivity contribution in [3.63, 3.8) is 0 Å². The molecule has 0 aliphatic carbocycles. The minimum absolute atomic E-state index is 0.0102. The van der Waals surface area contributed by atoms with Gasteiger partial charge in [0.05, 0.1) is 6.42 Å². The summed E-state index contributed by atoms with van der Waals surface area (Å²) in [5, 5.41) is 6.04. The van der Waals surface area contributed by atoms with Gasteiger partial charge in [0.25, 0.3) is 5.78 Å². The summed E-state index contributed by atoms with van der Waals surface area (Å²) < 4.78 is 0. The molecule has 3 aromatic rings. The van der Waals surface area contributed by atoms with E-state index in [1.807, 2.05) is 18.3 Å². The van der Waals surface area contributed by atoms with E-state index < -0.39 is 11.6 Å². The van der Waals surface area contributed by atoms with Crippen LogP contribution >= 0.6 is 0 Å². The van der Waals surface area contributed by atoms with E-state index in [1.165, 1.54) is 11.9 Å². The van der Waals surface area contributed by atoms with Crippen LogP contribution in [-0.2, 0) is 24.1 Å². The fraction of sp³-hybridized carbons (Fsp3) is 0.300. The second kappa shape index (κ2) is 8.89. The topological polar surface area (TPSA) is 91.5 Å². The molecule has 0 saturated carbocycles. The van der Waals surface area contributed by atoms with Crippen molar-refractivity contribution in [1.82, 2.24) is 20.2 Å². The third-order valence-electron chi connectivity index (χ3n) is 4.40. The number of rotatable bonds is 10. The SMILES string of the molecule is O=C(Cc1[nH]ccc1CCCCCc1ccccc1)C(=O)c1ncn[nH]1. The molecule has 0 fully saturated rings. The Hall–Kier alpha value is -3.02. The van der Waals surface area contributed by atoms with Gasteiger partial charge in [-0.25, -0.2) is 4.98 Å². The summed E-state index contributed by atoms with van der Waals surface area (Å²) in [5.74, 6) is -1.13. The third-order valence-corrected chi connectivity index (χ3v) is 4.40. The Bertz CT molecular complexity index is 838. The number of carbonyl (C=O) groups excluding carboxylic acids is 2. The molecule has 0 bridgehead atoms. The molecule has 0 aliphatic rings. The summed E-state index contributed by atoms with van der Waals surface area (Å²) in [7, 11) is 0. The molecule has 0 saturated heterocycles. The number of nitrogens with zero attached hydrogens (tertiary/aromatic N) is 2. The summed E-state index contributed by atoms with van der Waals surface area (Å²) in [6, 6.07) is 12.5. The molecule has 3 rings (SSSR count). The van der Waals surface area contributed by atoms with Crippen molar-refractivity contribution in [2.75, 3.05) is 0 Å². The summed E-state index contributed by atoms with van der Waals surface area (Å²) >= 11 is 0. The molecule has 0 spiro atoms. The van der Waals surface area contributed by atoms with Gasteiger partial charge in [-0.15, -0.1) is 0 Å². The molecular formula is C20H22N4O2. The third kappa shape index (κ3) is 4.75. The number of hydrogen-bond donors (Lipinski definition) is 2. The highest BCUT2D eigenvalue weighted by molar-refractivity contribution is 6.43. The molecular weight excluding hydrogens is 328 g/mol.